The fourth-order valence-electron chi connectivity index (χ4n) is 1.62. The van der Waals surface area contributed by atoms with Gasteiger partial charge in [-0.3, -0.25) is 4.79 Å². The molecule has 0 bridgehead atoms. The number of ether oxygens (including phenoxy) is 2. The topological polar surface area (TPSA) is 85.5 Å². The highest BCUT2D eigenvalue weighted by Gasteiger charge is 2.46. The number of nitrogens with one attached hydrogen (secondary N) is 1. The van der Waals surface area contributed by atoms with Crippen LogP contribution in [0.1, 0.15) is 32.1 Å². The summed E-state index contributed by atoms with van der Waals surface area (Å²) in [7, 11) is 1.22. The van der Waals surface area contributed by atoms with Crippen LogP contribution >= 0.6 is 0 Å². The predicted molar refractivity (Wildman–Crippen MR) is 59.7 cm³/mol. The van der Waals surface area contributed by atoms with E-state index in [0.29, 0.717) is 14.2 Å². The molecule has 1 N–H and O–H groups in total. The molecule has 0 amide bonds. The number of rotatable bonds is 2. The normalized spacial score (nSPS) is 12.0. The number of aromatic amines is 1. The van der Waals surface area contributed by atoms with E-state index >= 15 is 0 Å². The second-order valence-corrected chi connectivity index (χ2v) is 3.93. The van der Waals surface area contributed by atoms with Crippen molar-refractivity contribution < 1.29 is 45.4 Å². The number of carbonyl (C=O) groups is 2. The average molecular weight is 347 g/mol. The van der Waals surface area contributed by atoms with Crippen LogP contribution in [0.5, 0.6) is 0 Å². The fraction of sp³-hybridized carbons (Fsp3) is 0.364. The molecule has 0 aliphatic carbocycles. The number of esters is 2. The third-order valence-corrected chi connectivity index (χ3v) is 2.55. The van der Waals surface area contributed by atoms with Gasteiger partial charge < -0.3 is 14.5 Å². The maximum atomic E-state index is 12.8. The van der Waals surface area contributed by atoms with Crippen molar-refractivity contribution in [3.63, 3.8) is 0 Å². The van der Waals surface area contributed by atoms with Crippen molar-refractivity contribution in [1.29, 1.82) is 0 Å². The first-order valence-corrected chi connectivity index (χ1v) is 5.47. The van der Waals surface area contributed by atoms with E-state index in [4.69, 9.17) is 0 Å². The zero-order valence-electron chi connectivity index (χ0n) is 11.3. The first-order chi connectivity index (χ1) is 10.4. The van der Waals surface area contributed by atoms with Gasteiger partial charge in [0.2, 0.25) is 5.43 Å². The molecule has 0 spiro atoms. The molecule has 1 aromatic heterocycles. The van der Waals surface area contributed by atoms with E-state index in [1.165, 1.54) is 0 Å². The number of H-pyrrole nitrogens is 1. The molecule has 1 aromatic rings. The van der Waals surface area contributed by atoms with E-state index in [1.54, 1.807) is 0 Å². The van der Waals surface area contributed by atoms with Crippen LogP contribution in [0.3, 0.4) is 0 Å². The van der Waals surface area contributed by atoms with Crippen molar-refractivity contribution in [2.45, 2.75) is 12.4 Å². The van der Waals surface area contributed by atoms with E-state index in [9.17, 15) is 40.7 Å². The minimum absolute atomic E-state index is 0.609. The van der Waals surface area contributed by atoms with Crippen molar-refractivity contribution >= 4 is 11.9 Å². The summed E-state index contributed by atoms with van der Waals surface area (Å²) in [5, 5.41) is 0. The maximum absolute atomic E-state index is 12.8. The third kappa shape index (κ3) is 3.46. The quantitative estimate of drug-likeness (QED) is 0.653. The van der Waals surface area contributed by atoms with Crippen molar-refractivity contribution in [3.05, 3.63) is 32.7 Å². The lowest BCUT2D eigenvalue weighted by Crippen LogP contribution is -2.34. The number of halogens is 6. The Bertz CT molecular complexity index is 647. The molecule has 0 unspecified atom stereocenters. The Morgan fingerprint density at radius 1 is 0.826 bits per heavy atom. The highest BCUT2D eigenvalue weighted by atomic mass is 19.4. The first kappa shape index (κ1) is 18.5. The maximum Gasteiger partial charge on any atom is 0.432 e. The van der Waals surface area contributed by atoms with E-state index in [1.807, 2.05) is 0 Å². The van der Waals surface area contributed by atoms with Crippen LogP contribution in [0.2, 0.25) is 0 Å². The van der Waals surface area contributed by atoms with Crippen LogP contribution in [0.4, 0.5) is 26.3 Å². The largest absolute Gasteiger partial charge is 0.465 e. The molecule has 0 aromatic carbocycles. The Morgan fingerprint density at radius 2 is 1.13 bits per heavy atom. The second kappa shape index (κ2) is 5.93. The zero-order chi connectivity index (χ0) is 18.2. The lowest BCUT2D eigenvalue weighted by molar-refractivity contribution is -0.151. The molecule has 23 heavy (non-hydrogen) atoms. The van der Waals surface area contributed by atoms with Gasteiger partial charge in [0.25, 0.3) is 0 Å². The summed E-state index contributed by atoms with van der Waals surface area (Å²) in [6.07, 6.45) is -11.0. The fourth-order valence-corrected chi connectivity index (χ4v) is 1.62. The number of hydrogen-bond donors (Lipinski definition) is 1. The summed E-state index contributed by atoms with van der Waals surface area (Å²) >= 11 is 0. The van der Waals surface area contributed by atoms with Gasteiger partial charge in [-0.2, -0.15) is 26.3 Å². The molecule has 0 aliphatic heterocycles. The Kier molecular flexibility index (Phi) is 4.77. The van der Waals surface area contributed by atoms with Gasteiger partial charge in [-0.15, -0.1) is 0 Å². The molecule has 0 radical (unpaired) electrons. The predicted octanol–water partition coefficient (Wildman–Crippen LogP) is 1.99. The van der Waals surface area contributed by atoms with Gasteiger partial charge in [-0.1, -0.05) is 0 Å². The van der Waals surface area contributed by atoms with Crippen LogP contribution in [0.15, 0.2) is 4.79 Å². The monoisotopic (exact) mass is 347 g/mol. The average Bonchev–Trinajstić information content (AvgIpc) is 2.42. The van der Waals surface area contributed by atoms with E-state index < -0.39 is 52.2 Å². The standard InChI is InChI=1S/C11H7F6NO5/c1-22-8(20)3-5(19)4(9(21)23-2)7(11(15,16)17)18-6(3)10(12,13)14/h1-2H3,(H,18,19). The number of methoxy groups -OCH3 is 2. The van der Waals surface area contributed by atoms with Gasteiger partial charge in [-0.05, 0) is 0 Å². The zero-order valence-corrected chi connectivity index (χ0v) is 11.3. The summed E-state index contributed by atoms with van der Waals surface area (Å²) in [5.41, 5.74) is -10.2. The molecule has 0 saturated heterocycles. The van der Waals surface area contributed by atoms with Crippen LogP contribution in [0.25, 0.3) is 0 Å². The molecule has 1 rings (SSSR count). The Hall–Kier alpha value is -2.53. The third-order valence-electron chi connectivity index (χ3n) is 2.55. The van der Waals surface area contributed by atoms with Gasteiger partial charge in [0.15, 0.2) is 0 Å². The SMILES string of the molecule is COC(=O)c1c(C(F)(F)F)[nH]c(C(F)(F)F)c(C(=O)OC)c1=O. The van der Waals surface area contributed by atoms with E-state index in [0.717, 1.165) is 4.98 Å². The van der Waals surface area contributed by atoms with Gasteiger partial charge in [-0.25, -0.2) is 9.59 Å². The highest BCUT2D eigenvalue weighted by Crippen LogP contribution is 2.35. The summed E-state index contributed by atoms with van der Waals surface area (Å²) in [5.74, 6) is -3.73. The van der Waals surface area contributed by atoms with Gasteiger partial charge in [0.1, 0.15) is 22.5 Å². The minimum atomic E-state index is -5.52. The van der Waals surface area contributed by atoms with Gasteiger partial charge in [0.05, 0.1) is 14.2 Å². The van der Waals surface area contributed by atoms with E-state index in [-0.39, 0.29) is 0 Å². The number of hydrogen-bond acceptors (Lipinski definition) is 5. The molecule has 0 saturated carbocycles. The molecule has 0 atom stereocenters. The number of pyridine rings is 1. The van der Waals surface area contributed by atoms with Crippen molar-refractivity contribution in [2.75, 3.05) is 14.2 Å². The van der Waals surface area contributed by atoms with Crippen LogP contribution in [0, 0.1) is 0 Å². The van der Waals surface area contributed by atoms with Crippen molar-refractivity contribution in [3.8, 4) is 0 Å². The minimum Gasteiger partial charge on any atom is -0.465 e. The molecule has 0 fully saturated rings. The summed E-state index contributed by atoms with van der Waals surface area (Å²) in [4.78, 5) is 35.5. The first-order valence-electron chi connectivity index (χ1n) is 5.47. The van der Waals surface area contributed by atoms with Crippen LogP contribution < -0.4 is 5.43 Å². The van der Waals surface area contributed by atoms with Crippen molar-refractivity contribution in [1.82, 2.24) is 4.98 Å². The highest BCUT2D eigenvalue weighted by molar-refractivity contribution is 5.96. The van der Waals surface area contributed by atoms with E-state index in [2.05, 4.69) is 9.47 Å². The van der Waals surface area contributed by atoms with Crippen LogP contribution in [-0.4, -0.2) is 31.1 Å². The van der Waals surface area contributed by atoms with Gasteiger partial charge in [0, 0.05) is 0 Å². The van der Waals surface area contributed by atoms with Crippen molar-refractivity contribution in [2.24, 2.45) is 0 Å². The molecule has 0 aliphatic rings. The Balaban J connectivity index is 4.04. The lowest BCUT2D eigenvalue weighted by Gasteiger charge is -2.17. The summed E-state index contributed by atoms with van der Waals surface area (Å²) < 4.78 is 85.0. The molecule has 6 nitrogen and oxygen atoms in total. The summed E-state index contributed by atoms with van der Waals surface area (Å²) in [6.45, 7) is 0. The molecule has 1 heterocycles. The molecule has 12 heteroatoms. The molecular weight excluding hydrogens is 340 g/mol. The number of alkyl halides is 6. The number of carbonyl (C=O) groups excluding carboxylic acids is 2. The molecule has 128 valence electrons. The number of aromatic nitrogens is 1. The van der Waals surface area contributed by atoms with Gasteiger partial charge >= 0.3 is 24.3 Å². The second-order valence-electron chi connectivity index (χ2n) is 3.93. The van der Waals surface area contributed by atoms with Crippen LogP contribution in [-0.2, 0) is 21.8 Å². The smallest absolute Gasteiger partial charge is 0.432 e. The lowest BCUT2D eigenvalue weighted by atomic mass is 10.1. The summed E-state index contributed by atoms with van der Waals surface area (Å²) in [6, 6.07) is 0. The molecular formula is C11H7F6NO5. The Morgan fingerprint density at radius 3 is 1.35 bits per heavy atom. The Labute approximate surface area is 123 Å².